The van der Waals surface area contributed by atoms with Crippen LogP contribution in [-0.4, -0.2) is 5.11 Å². The third kappa shape index (κ3) is 4.12. The molecule has 1 heterocycles. The lowest BCUT2D eigenvalue weighted by Crippen LogP contribution is -2.20. The smallest absolute Gasteiger partial charge is 0.416 e. The molecular formula is C13H11F3N2O2S. The SMILES string of the molecule is NC(=S)Nc1cc(C(F)(F)F)ccc1OCc1ccco1. The average Bonchev–Trinajstić information content (AvgIpc) is 2.88. The van der Waals surface area contributed by atoms with E-state index in [4.69, 9.17) is 14.9 Å². The number of furan rings is 1. The van der Waals surface area contributed by atoms with Crippen molar-refractivity contribution in [3.05, 3.63) is 47.9 Å². The molecule has 3 N–H and O–H groups in total. The van der Waals surface area contributed by atoms with Crippen molar-refractivity contribution >= 4 is 23.0 Å². The normalized spacial score (nSPS) is 11.2. The Hall–Kier alpha value is -2.22. The first-order valence-electron chi connectivity index (χ1n) is 5.79. The van der Waals surface area contributed by atoms with Gasteiger partial charge in [-0.15, -0.1) is 0 Å². The molecule has 21 heavy (non-hydrogen) atoms. The van der Waals surface area contributed by atoms with Gasteiger partial charge in [-0.3, -0.25) is 0 Å². The van der Waals surface area contributed by atoms with Crippen LogP contribution in [0.5, 0.6) is 5.75 Å². The van der Waals surface area contributed by atoms with Gasteiger partial charge >= 0.3 is 6.18 Å². The van der Waals surface area contributed by atoms with Gasteiger partial charge in [-0.1, -0.05) is 0 Å². The van der Waals surface area contributed by atoms with Crippen molar-refractivity contribution in [2.24, 2.45) is 5.73 Å². The summed E-state index contributed by atoms with van der Waals surface area (Å²) in [5, 5.41) is 2.31. The Morgan fingerprint density at radius 1 is 1.33 bits per heavy atom. The summed E-state index contributed by atoms with van der Waals surface area (Å²) in [4.78, 5) is 0. The molecule has 0 unspecified atom stereocenters. The van der Waals surface area contributed by atoms with Crippen LogP contribution in [0.25, 0.3) is 0 Å². The maximum atomic E-state index is 12.7. The van der Waals surface area contributed by atoms with Crippen molar-refractivity contribution in [1.29, 1.82) is 0 Å². The maximum absolute atomic E-state index is 12.7. The van der Waals surface area contributed by atoms with Gasteiger partial charge in [0.25, 0.3) is 0 Å². The molecule has 112 valence electrons. The molecule has 0 fully saturated rings. The third-order valence-corrected chi connectivity index (χ3v) is 2.62. The first-order valence-corrected chi connectivity index (χ1v) is 6.20. The van der Waals surface area contributed by atoms with Crippen molar-refractivity contribution in [1.82, 2.24) is 0 Å². The summed E-state index contributed by atoms with van der Waals surface area (Å²) in [6.07, 6.45) is -2.99. The highest BCUT2D eigenvalue weighted by Crippen LogP contribution is 2.35. The maximum Gasteiger partial charge on any atom is 0.416 e. The van der Waals surface area contributed by atoms with Crippen molar-refractivity contribution in [2.45, 2.75) is 12.8 Å². The second-order valence-electron chi connectivity index (χ2n) is 4.07. The Balaban J connectivity index is 2.24. The molecule has 0 saturated carbocycles. The summed E-state index contributed by atoms with van der Waals surface area (Å²) in [6.45, 7) is 0.0738. The van der Waals surface area contributed by atoms with Gasteiger partial charge in [0.05, 0.1) is 17.5 Å². The summed E-state index contributed by atoms with van der Waals surface area (Å²) in [5.41, 5.74) is 4.53. The number of alkyl halides is 3. The lowest BCUT2D eigenvalue weighted by Gasteiger charge is -2.14. The number of hydrogen-bond donors (Lipinski definition) is 2. The number of thiocarbonyl (C=S) groups is 1. The van der Waals surface area contributed by atoms with E-state index in [0.717, 1.165) is 12.1 Å². The van der Waals surface area contributed by atoms with Gasteiger partial charge < -0.3 is 20.2 Å². The molecule has 4 nitrogen and oxygen atoms in total. The molecule has 2 aromatic rings. The fraction of sp³-hybridized carbons (Fsp3) is 0.154. The molecule has 0 radical (unpaired) electrons. The van der Waals surface area contributed by atoms with Gasteiger partial charge in [-0.2, -0.15) is 13.2 Å². The molecule has 2 rings (SSSR count). The van der Waals surface area contributed by atoms with Crippen LogP contribution in [0, 0.1) is 0 Å². The van der Waals surface area contributed by atoms with Crippen LogP contribution in [0.15, 0.2) is 41.0 Å². The Kier molecular flexibility index (Phi) is 4.37. The van der Waals surface area contributed by atoms with E-state index in [1.807, 2.05) is 0 Å². The van der Waals surface area contributed by atoms with E-state index in [0.29, 0.717) is 5.76 Å². The molecule has 1 aromatic heterocycles. The van der Waals surface area contributed by atoms with E-state index < -0.39 is 11.7 Å². The quantitative estimate of drug-likeness (QED) is 0.845. The summed E-state index contributed by atoms with van der Waals surface area (Å²) < 4.78 is 48.6. The number of anilines is 1. The highest BCUT2D eigenvalue weighted by molar-refractivity contribution is 7.80. The van der Waals surface area contributed by atoms with Crippen LogP contribution >= 0.6 is 12.2 Å². The molecule has 0 atom stereocenters. The Labute approximate surface area is 123 Å². The van der Waals surface area contributed by atoms with Gasteiger partial charge in [0.1, 0.15) is 18.1 Å². The Morgan fingerprint density at radius 3 is 2.67 bits per heavy atom. The second-order valence-corrected chi connectivity index (χ2v) is 4.51. The molecular weight excluding hydrogens is 305 g/mol. The number of nitrogens with two attached hydrogens (primary N) is 1. The lowest BCUT2D eigenvalue weighted by molar-refractivity contribution is -0.137. The summed E-state index contributed by atoms with van der Waals surface area (Å²) >= 11 is 4.65. The number of benzene rings is 1. The monoisotopic (exact) mass is 316 g/mol. The molecule has 0 aliphatic rings. The molecule has 8 heteroatoms. The van der Waals surface area contributed by atoms with E-state index in [1.165, 1.54) is 12.3 Å². The minimum atomic E-state index is -4.47. The van der Waals surface area contributed by atoms with Crippen LogP contribution in [0.4, 0.5) is 18.9 Å². The van der Waals surface area contributed by atoms with Crippen molar-refractivity contribution < 1.29 is 22.3 Å². The van der Waals surface area contributed by atoms with Crippen LogP contribution in [0.2, 0.25) is 0 Å². The predicted molar refractivity (Wildman–Crippen MR) is 74.9 cm³/mol. The topological polar surface area (TPSA) is 60.4 Å². The number of rotatable bonds is 4. The number of hydrogen-bond acceptors (Lipinski definition) is 3. The van der Waals surface area contributed by atoms with Gasteiger partial charge in [-0.25, -0.2) is 0 Å². The zero-order valence-corrected chi connectivity index (χ0v) is 11.4. The van der Waals surface area contributed by atoms with Crippen molar-refractivity contribution in [3.63, 3.8) is 0 Å². The molecule has 0 amide bonds. The van der Waals surface area contributed by atoms with Gasteiger partial charge in [-0.05, 0) is 42.5 Å². The second kappa shape index (κ2) is 6.04. The molecule has 1 aromatic carbocycles. The van der Waals surface area contributed by atoms with Crippen molar-refractivity contribution in [3.8, 4) is 5.75 Å². The summed E-state index contributed by atoms with van der Waals surface area (Å²) in [5.74, 6) is 0.725. The van der Waals surface area contributed by atoms with E-state index in [1.54, 1.807) is 12.1 Å². The van der Waals surface area contributed by atoms with E-state index in [9.17, 15) is 13.2 Å². The largest absolute Gasteiger partial charge is 0.483 e. The van der Waals surface area contributed by atoms with Crippen LogP contribution < -0.4 is 15.8 Å². The molecule has 0 aliphatic carbocycles. The average molecular weight is 316 g/mol. The van der Waals surface area contributed by atoms with E-state index >= 15 is 0 Å². The van der Waals surface area contributed by atoms with Gasteiger partial charge in [0, 0.05) is 0 Å². The van der Waals surface area contributed by atoms with Gasteiger partial charge in [0.2, 0.25) is 0 Å². The highest BCUT2D eigenvalue weighted by atomic mass is 32.1. The number of ether oxygens (including phenoxy) is 1. The first kappa shape index (κ1) is 15.2. The fourth-order valence-corrected chi connectivity index (χ4v) is 1.72. The summed E-state index contributed by atoms with van der Waals surface area (Å²) in [7, 11) is 0. The van der Waals surface area contributed by atoms with E-state index in [-0.39, 0.29) is 23.2 Å². The molecule has 0 bridgehead atoms. The van der Waals surface area contributed by atoms with Gasteiger partial charge in [0.15, 0.2) is 5.11 Å². The number of halogens is 3. The highest BCUT2D eigenvalue weighted by Gasteiger charge is 2.31. The van der Waals surface area contributed by atoms with Crippen molar-refractivity contribution in [2.75, 3.05) is 5.32 Å². The van der Waals surface area contributed by atoms with Crippen LogP contribution in [0.3, 0.4) is 0 Å². The zero-order chi connectivity index (χ0) is 15.5. The molecule has 0 saturated heterocycles. The first-order chi connectivity index (χ1) is 9.86. The van der Waals surface area contributed by atoms with E-state index in [2.05, 4.69) is 17.5 Å². The third-order valence-electron chi connectivity index (χ3n) is 2.51. The minimum Gasteiger partial charge on any atom is -0.483 e. The zero-order valence-electron chi connectivity index (χ0n) is 10.6. The summed E-state index contributed by atoms with van der Waals surface area (Å²) in [6, 6.07) is 6.37. The lowest BCUT2D eigenvalue weighted by atomic mass is 10.2. The Bertz CT molecular complexity index is 627. The standard InChI is InChI=1S/C13H11F3N2O2S/c14-13(15,16)8-3-4-11(10(6-8)18-12(17)21)20-7-9-2-1-5-19-9/h1-6H,7H2,(H3,17,18,21). The predicted octanol–water partition coefficient (Wildman–Crippen LogP) is 3.53. The fourth-order valence-electron chi connectivity index (χ4n) is 1.61. The number of nitrogens with one attached hydrogen (secondary N) is 1. The van der Waals surface area contributed by atoms with Crippen LogP contribution in [0.1, 0.15) is 11.3 Å². The molecule has 0 spiro atoms. The molecule has 0 aliphatic heterocycles. The Morgan fingerprint density at radius 2 is 2.10 bits per heavy atom. The minimum absolute atomic E-state index is 0.0453. The van der Waals surface area contributed by atoms with Crippen LogP contribution in [-0.2, 0) is 12.8 Å².